The number of aliphatic carboxylic acids is 1. The van der Waals surface area contributed by atoms with Crippen LogP contribution in [0.2, 0.25) is 15.1 Å². The van der Waals surface area contributed by atoms with E-state index in [0.29, 0.717) is 37.6 Å². The Labute approximate surface area is 130 Å². The number of halogens is 3. The van der Waals surface area contributed by atoms with Crippen LogP contribution in [0.15, 0.2) is 24.4 Å². The van der Waals surface area contributed by atoms with Crippen molar-refractivity contribution in [2.24, 2.45) is 0 Å². The van der Waals surface area contributed by atoms with Gasteiger partial charge in [-0.2, -0.15) is 0 Å². The molecular formula is C13H9Cl3N2O2. The van der Waals surface area contributed by atoms with E-state index >= 15 is 0 Å². The van der Waals surface area contributed by atoms with E-state index in [2.05, 4.69) is 4.98 Å². The maximum Gasteiger partial charge on any atom is 0.307 e. The quantitative estimate of drug-likeness (QED) is 0.836. The summed E-state index contributed by atoms with van der Waals surface area (Å²) in [6.07, 6.45) is 1.19. The van der Waals surface area contributed by atoms with Gasteiger partial charge in [0.15, 0.2) is 0 Å². The Hall–Kier alpha value is -1.49. The zero-order valence-electron chi connectivity index (χ0n) is 10.0. The average molecular weight is 332 g/mol. The minimum atomic E-state index is -0.982. The summed E-state index contributed by atoms with van der Waals surface area (Å²) in [6, 6.07) is 4.70. The van der Waals surface area contributed by atoms with Crippen molar-refractivity contribution >= 4 is 46.5 Å². The fourth-order valence-electron chi connectivity index (χ4n) is 1.71. The lowest BCUT2D eigenvalue weighted by atomic mass is 10.1. The summed E-state index contributed by atoms with van der Waals surface area (Å²) >= 11 is 18.0. The molecule has 0 saturated carbocycles. The molecule has 0 atom stereocenters. The molecule has 7 heteroatoms. The van der Waals surface area contributed by atoms with Gasteiger partial charge in [-0.25, -0.2) is 0 Å². The minimum absolute atomic E-state index is 0.201. The van der Waals surface area contributed by atoms with Gasteiger partial charge in [-0.15, -0.1) is 0 Å². The van der Waals surface area contributed by atoms with Crippen molar-refractivity contribution in [2.75, 3.05) is 5.73 Å². The maximum atomic E-state index is 10.8. The predicted octanol–water partition coefficient (Wildman–Crippen LogP) is 3.92. The van der Waals surface area contributed by atoms with Gasteiger partial charge >= 0.3 is 5.97 Å². The molecule has 0 aliphatic rings. The number of nitrogen functional groups attached to an aromatic ring is 1. The van der Waals surface area contributed by atoms with Gasteiger partial charge in [-0.05, 0) is 23.8 Å². The Morgan fingerprint density at radius 2 is 1.95 bits per heavy atom. The van der Waals surface area contributed by atoms with Crippen molar-refractivity contribution in [3.8, 4) is 11.3 Å². The predicted molar refractivity (Wildman–Crippen MR) is 80.5 cm³/mol. The summed E-state index contributed by atoms with van der Waals surface area (Å²) < 4.78 is 0. The molecular weight excluding hydrogens is 323 g/mol. The van der Waals surface area contributed by atoms with Crippen molar-refractivity contribution in [1.82, 2.24) is 4.98 Å². The highest BCUT2D eigenvalue weighted by Crippen LogP contribution is 2.36. The number of aromatic nitrogens is 1. The molecule has 104 valence electrons. The summed E-state index contributed by atoms with van der Waals surface area (Å²) in [5.41, 5.74) is 7.45. The number of benzene rings is 1. The van der Waals surface area contributed by atoms with Crippen molar-refractivity contribution in [3.63, 3.8) is 0 Å². The highest BCUT2D eigenvalue weighted by atomic mass is 35.5. The topological polar surface area (TPSA) is 76.2 Å². The van der Waals surface area contributed by atoms with Crippen LogP contribution in [0, 0.1) is 0 Å². The zero-order chi connectivity index (χ0) is 14.9. The molecule has 0 radical (unpaired) electrons. The van der Waals surface area contributed by atoms with E-state index in [1.807, 2.05) is 0 Å². The SMILES string of the molecule is Nc1cnc(-c2cc(Cl)cc(Cl)c2Cl)cc1CC(=O)O. The fourth-order valence-corrected chi connectivity index (χ4v) is 2.41. The van der Waals surface area contributed by atoms with Crippen LogP contribution in [0.5, 0.6) is 0 Å². The van der Waals surface area contributed by atoms with Crippen molar-refractivity contribution in [3.05, 3.63) is 45.0 Å². The second kappa shape index (κ2) is 5.87. The molecule has 0 spiro atoms. The van der Waals surface area contributed by atoms with Gasteiger partial charge in [0.1, 0.15) is 0 Å². The standard InChI is InChI=1S/C13H9Cl3N2O2/c14-7-3-8(13(16)9(15)4-7)11-1-6(2-12(19)20)10(17)5-18-11/h1,3-5H,2,17H2,(H,19,20). The summed E-state index contributed by atoms with van der Waals surface area (Å²) in [5, 5.41) is 9.86. The molecule has 0 saturated heterocycles. The molecule has 1 aromatic carbocycles. The normalized spacial score (nSPS) is 10.6. The maximum absolute atomic E-state index is 10.8. The van der Waals surface area contributed by atoms with Crippen LogP contribution < -0.4 is 5.73 Å². The summed E-state index contributed by atoms with van der Waals surface area (Å²) in [7, 11) is 0. The number of carboxylic acid groups (broad SMARTS) is 1. The van der Waals surface area contributed by atoms with Crippen molar-refractivity contribution in [1.29, 1.82) is 0 Å². The van der Waals surface area contributed by atoms with E-state index in [-0.39, 0.29) is 6.42 Å². The van der Waals surface area contributed by atoms with Gasteiger partial charge in [0.05, 0.1) is 34.0 Å². The molecule has 0 amide bonds. The largest absolute Gasteiger partial charge is 0.481 e. The first-order chi connectivity index (χ1) is 9.38. The summed E-state index contributed by atoms with van der Waals surface area (Å²) in [4.78, 5) is 14.9. The molecule has 1 heterocycles. The van der Waals surface area contributed by atoms with Gasteiger partial charge < -0.3 is 10.8 Å². The molecule has 20 heavy (non-hydrogen) atoms. The third kappa shape index (κ3) is 3.15. The number of carboxylic acids is 1. The third-order valence-corrected chi connectivity index (χ3v) is 3.66. The molecule has 3 N–H and O–H groups in total. The first kappa shape index (κ1) is 14.9. The second-order valence-corrected chi connectivity index (χ2v) is 5.31. The first-order valence-corrected chi connectivity index (χ1v) is 6.63. The van der Waals surface area contributed by atoms with E-state index in [9.17, 15) is 4.79 Å². The average Bonchev–Trinajstić information content (AvgIpc) is 2.36. The van der Waals surface area contributed by atoms with Crippen LogP contribution in [-0.4, -0.2) is 16.1 Å². The van der Waals surface area contributed by atoms with E-state index < -0.39 is 5.97 Å². The number of hydrogen-bond donors (Lipinski definition) is 2. The van der Waals surface area contributed by atoms with Crippen LogP contribution in [0.1, 0.15) is 5.56 Å². The number of hydrogen-bond acceptors (Lipinski definition) is 3. The molecule has 0 aliphatic carbocycles. The van der Waals surface area contributed by atoms with Gasteiger partial charge in [0.2, 0.25) is 0 Å². The number of nitrogens with zero attached hydrogens (tertiary/aromatic N) is 1. The van der Waals surface area contributed by atoms with Gasteiger partial charge in [-0.1, -0.05) is 34.8 Å². The fraction of sp³-hybridized carbons (Fsp3) is 0.0769. The second-order valence-electron chi connectivity index (χ2n) is 4.09. The van der Waals surface area contributed by atoms with Crippen LogP contribution in [0.25, 0.3) is 11.3 Å². The lowest BCUT2D eigenvalue weighted by Crippen LogP contribution is -2.04. The highest BCUT2D eigenvalue weighted by molar-refractivity contribution is 6.45. The molecule has 0 fully saturated rings. The van der Waals surface area contributed by atoms with E-state index in [1.54, 1.807) is 12.1 Å². The Morgan fingerprint density at radius 3 is 2.60 bits per heavy atom. The Morgan fingerprint density at radius 1 is 1.25 bits per heavy atom. The molecule has 0 unspecified atom stereocenters. The van der Waals surface area contributed by atoms with Crippen LogP contribution in [-0.2, 0) is 11.2 Å². The first-order valence-electron chi connectivity index (χ1n) is 5.49. The van der Waals surface area contributed by atoms with E-state index in [4.69, 9.17) is 45.6 Å². The van der Waals surface area contributed by atoms with Crippen molar-refractivity contribution in [2.45, 2.75) is 6.42 Å². The Bertz CT molecular complexity index is 690. The van der Waals surface area contributed by atoms with Crippen LogP contribution in [0.4, 0.5) is 5.69 Å². The number of nitrogens with two attached hydrogens (primary N) is 1. The van der Waals surface area contributed by atoms with Gasteiger partial charge in [0.25, 0.3) is 0 Å². The van der Waals surface area contributed by atoms with E-state index in [1.165, 1.54) is 12.3 Å². The smallest absolute Gasteiger partial charge is 0.307 e. The Kier molecular flexibility index (Phi) is 4.38. The lowest BCUT2D eigenvalue weighted by Gasteiger charge is -2.09. The lowest BCUT2D eigenvalue weighted by molar-refractivity contribution is -0.136. The number of carbonyl (C=O) groups is 1. The zero-order valence-corrected chi connectivity index (χ0v) is 12.3. The monoisotopic (exact) mass is 330 g/mol. The molecule has 2 rings (SSSR count). The molecule has 0 aliphatic heterocycles. The van der Waals surface area contributed by atoms with Crippen LogP contribution in [0.3, 0.4) is 0 Å². The van der Waals surface area contributed by atoms with Crippen molar-refractivity contribution < 1.29 is 9.90 Å². The highest BCUT2D eigenvalue weighted by Gasteiger charge is 2.13. The number of rotatable bonds is 3. The minimum Gasteiger partial charge on any atom is -0.481 e. The Balaban J connectivity index is 2.56. The van der Waals surface area contributed by atoms with E-state index in [0.717, 1.165) is 0 Å². The van der Waals surface area contributed by atoms with Gasteiger partial charge in [-0.3, -0.25) is 9.78 Å². The number of anilines is 1. The summed E-state index contributed by atoms with van der Waals surface area (Å²) in [5.74, 6) is -0.982. The third-order valence-electron chi connectivity index (χ3n) is 2.64. The number of pyridine rings is 1. The molecule has 4 nitrogen and oxygen atoms in total. The molecule has 2 aromatic rings. The molecule has 0 bridgehead atoms. The van der Waals surface area contributed by atoms with Crippen LogP contribution >= 0.6 is 34.8 Å². The summed E-state index contributed by atoms with van der Waals surface area (Å²) in [6.45, 7) is 0. The molecule has 1 aromatic heterocycles. The van der Waals surface area contributed by atoms with Gasteiger partial charge in [0, 0.05) is 10.6 Å².